The lowest BCUT2D eigenvalue weighted by molar-refractivity contribution is -0.140. The summed E-state index contributed by atoms with van der Waals surface area (Å²) in [4.78, 5) is 10.8. The van der Waals surface area contributed by atoms with Gasteiger partial charge in [-0.2, -0.15) is 0 Å². The highest BCUT2D eigenvalue weighted by Crippen LogP contribution is 2.39. The normalized spacial score (nSPS) is 13.2. The molecule has 0 radical (unpaired) electrons. The summed E-state index contributed by atoms with van der Waals surface area (Å²) >= 11 is 0. The lowest BCUT2D eigenvalue weighted by Crippen LogP contribution is -2.30. The van der Waals surface area contributed by atoms with Crippen LogP contribution in [0.15, 0.2) is 0 Å². The fraction of sp³-hybridized carbons (Fsp3) is 0.800. The molecule has 0 heterocycles. The van der Waals surface area contributed by atoms with Crippen LogP contribution in [-0.4, -0.2) is 33.1 Å². The number of ether oxygens (including phenoxy) is 1. The van der Waals surface area contributed by atoms with E-state index in [1.54, 1.807) is 0 Å². The van der Waals surface area contributed by atoms with Crippen molar-refractivity contribution < 1.29 is 18.6 Å². The predicted octanol–water partition coefficient (Wildman–Crippen LogP) is 0.0489. The third-order valence-corrected chi connectivity index (χ3v) is 2.41. The van der Waals surface area contributed by atoms with Crippen molar-refractivity contribution >= 4 is 14.3 Å². The molecule has 2 N–H and O–H groups in total. The third kappa shape index (κ3) is 3.12. The van der Waals surface area contributed by atoms with Crippen LogP contribution >= 0.6 is 8.38 Å². The maximum absolute atomic E-state index is 10.8. The molecule has 0 bridgehead atoms. The lowest BCUT2D eigenvalue weighted by Gasteiger charge is -2.16. The third-order valence-electron chi connectivity index (χ3n) is 1.03. The number of esters is 1. The number of rotatable bonds is 4. The van der Waals surface area contributed by atoms with Crippen molar-refractivity contribution in [1.29, 1.82) is 0 Å². The second kappa shape index (κ2) is 5.43. The van der Waals surface area contributed by atoms with Gasteiger partial charge in [0.2, 0.25) is 0 Å². The van der Waals surface area contributed by atoms with Crippen LogP contribution in [0.5, 0.6) is 0 Å². The molecule has 0 aromatic rings. The smallest absolute Gasteiger partial charge is 0.331 e. The van der Waals surface area contributed by atoms with E-state index in [9.17, 15) is 4.79 Å². The average Bonchev–Trinajstić information content (AvgIpc) is 2.05. The molecule has 0 saturated heterocycles. The molecule has 66 valence electrons. The number of methoxy groups -OCH3 is 1. The first-order valence-electron chi connectivity index (χ1n) is 2.88. The standard InChI is InChI=1S/C5H12NO4P/c1-8-5(7)4(6)11(9-2)10-3/h4H,6H2,1-3H3. The molecular weight excluding hydrogens is 169 g/mol. The fourth-order valence-electron chi connectivity index (χ4n) is 0.508. The van der Waals surface area contributed by atoms with Crippen LogP contribution in [0.25, 0.3) is 0 Å². The Bertz CT molecular complexity index is 128. The van der Waals surface area contributed by atoms with Crippen LogP contribution in [0.3, 0.4) is 0 Å². The van der Waals surface area contributed by atoms with Gasteiger partial charge in [-0.15, -0.1) is 0 Å². The zero-order valence-electron chi connectivity index (χ0n) is 6.73. The van der Waals surface area contributed by atoms with E-state index in [0.29, 0.717) is 0 Å². The Labute approximate surface area is 66.7 Å². The van der Waals surface area contributed by atoms with Gasteiger partial charge in [0, 0.05) is 14.2 Å². The van der Waals surface area contributed by atoms with E-state index in [0.717, 1.165) is 0 Å². The van der Waals surface area contributed by atoms with Crippen LogP contribution in [0.2, 0.25) is 0 Å². The minimum absolute atomic E-state index is 0.528. The summed E-state index contributed by atoms with van der Waals surface area (Å²) in [6.45, 7) is 0. The maximum atomic E-state index is 10.8. The van der Waals surface area contributed by atoms with Crippen molar-refractivity contribution in [3.63, 3.8) is 0 Å². The van der Waals surface area contributed by atoms with Crippen LogP contribution in [0.1, 0.15) is 0 Å². The van der Waals surface area contributed by atoms with Crippen molar-refractivity contribution in [3.05, 3.63) is 0 Å². The van der Waals surface area contributed by atoms with E-state index in [2.05, 4.69) is 4.74 Å². The number of hydrogen-bond donors (Lipinski definition) is 1. The SMILES string of the molecule is COC(=O)C(N)P(OC)OC. The van der Waals surface area contributed by atoms with Crippen LogP contribution in [-0.2, 0) is 18.6 Å². The molecule has 0 rings (SSSR count). The van der Waals surface area contributed by atoms with E-state index >= 15 is 0 Å². The Morgan fingerprint density at radius 3 is 2.09 bits per heavy atom. The topological polar surface area (TPSA) is 70.8 Å². The molecule has 1 unspecified atom stereocenters. The molecule has 0 aliphatic carbocycles. The minimum atomic E-state index is -1.36. The van der Waals surface area contributed by atoms with E-state index < -0.39 is 20.1 Å². The highest BCUT2D eigenvalue weighted by atomic mass is 31.2. The van der Waals surface area contributed by atoms with Crippen LogP contribution < -0.4 is 5.73 Å². The van der Waals surface area contributed by atoms with Crippen LogP contribution in [0, 0.1) is 0 Å². The summed E-state index contributed by atoms with van der Waals surface area (Å²) in [5, 5.41) is 0. The van der Waals surface area contributed by atoms with Gasteiger partial charge in [-0.25, -0.2) is 4.79 Å². The Kier molecular flexibility index (Phi) is 5.32. The highest BCUT2D eigenvalue weighted by Gasteiger charge is 2.25. The Morgan fingerprint density at radius 1 is 1.36 bits per heavy atom. The molecule has 0 aliphatic rings. The Hall–Kier alpha value is -0.220. The molecule has 1 atom stereocenters. The van der Waals surface area contributed by atoms with Crippen molar-refractivity contribution in [2.75, 3.05) is 21.3 Å². The zero-order valence-corrected chi connectivity index (χ0v) is 7.63. The molecular formula is C5H12NO4P. The van der Waals surface area contributed by atoms with Crippen molar-refractivity contribution in [3.8, 4) is 0 Å². The second-order valence-corrected chi connectivity index (χ2v) is 3.48. The van der Waals surface area contributed by atoms with Gasteiger partial charge < -0.3 is 19.5 Å². The first-order valence-corrected chi connectivity index (χ1v) is 4.13. The predicted molar refractivity (Wildman–Crippen MR) is 40.9 cm³/mol. The van der Waals surface area contributed by atoms with Crippen molar-refractivity contribution in [2.24, 2.45) is 5.73 Å². The van der Waals surface area contributed by atoms with E-state index in [1.165, 1.54) is 21.3 Å². The summed E-state index contributed by atoms with van der Waals surface area (Å²) in [6, 6.07) is 0. The number of nitrogens with two attached hydrogens (primary N) is 1. The first kappa shape index (κ1) is 10.8. The van der Waals surface area contributed by atoms with Gasteiger partial charge in [-0.05, 0) is 0 Å². The van der Waals surface area contributed by atoms with Gasteiger partial charge in [0.25, 0.3) is 0 Å². The maximum Gasteiger partial charge on any atom is 0.331 e. The second-order valence-electron chi connectivity index (χ2n) is 1.62. The lowest BCUT2D eigenvalue weighted by atomic mass is 10.7. The molecule has 6 heteroatoms. The van der Waals surface area contributed by atoms with Crippen molar-refractivity contribution in [1.82, 2.24) is 0 Å². The summed E-state index contributed by atoms with van der Waals surface area (Å²) in [7, 11) is 2.76. The molecule has 0 spiro atoms. The van der Waals surface area contributed by atoms with E-state index in [4.69, 9.17) is 14.8 Å². The van der Waals surface area contributed by atoms with Gasteiger partial charge in [0.15, 0.2) is 14.2 Å². The molecule has 0 amide bonds. The first-order chi connectivity index (χ1) is 5.17. The van der Waals surface area contributed by atoms with Crippen molar-refractivity contribution in [2.45, 2.75) is 5.78 Å². The van der Waals surface area contributed by atoms with Crippen LogP contribution in [0.4, 0.5) is 0 Å². The Morgan fingerprint density at radius 2 is 1.82 bits per heavy atom. The molecule has 0 aromatic heterocycles. The highest BCUT2D eigenvalue weighted by molar-refractivity contribution is 7.49. The average molecular weight is 181 g/mol. The number of hydrogen-bond acceptors (Lipinski definition) is 5. The largest absolute Gasteiger partial charge is 0.467 e. The summed E-state index contributed by atoms with van der Waals surface area (Å²) < 4.78 is 14.0. The van der Waals surface area contributed by atoms with Gasteiger partial charge in [-0.3, -0.25) is 0 Å². The van der Waals surface area contributed by atoms with Gasteiger partial charge in [0.05, 0.1) is 7.11 Å². The van der Waals surface area contributed by atoms with Gasteiger partial charge in [0.1, 0.15) is 0 Å². The summed E-state index contributed by atoms with van der Waals surface area (Å²) in [5.41, 5.74) is 5.40. The van der Waals surface area contributed by atoms with Gasteiger partial charge >= 0.3 is 5.97 Å². The molecule has 5 nitrogen and oxygen atoms in total. The molecule has 0 aliphatic heterocycles. The zero-order chi connectivity index (χ0) is 8.85. The molecule has 11 heavy (non-hydrogen) atoms. The number of carbonyl (C=O) groups is 1. The van der Waals surface area contributed by atoms with E-state index in [1.807, 2.05) is 0 Å². The molecule has 0 aromatic carbocycles. The molecule has 0 fully saturated rings. The fourth-order valence-corrected chi connectivity index (χ4v) is 1.39. The Balaban J connectivity index is 3.97. The molecule has 0 saturated carbocycles. The number of carbonyl (C=O) groups excluding carboxylic acids is 1. The van der Waals surface area contributed by atoms with E-state index in [-0.39, 0.29) is 0 Å². The van der Waals surface area contributed by atoms with Gasteiger partial charge in [-0.1, -0.05) is 0 Å². The minimum Gasteiger partial charge on any atom is -0.467 e. The summed E-state index contributed by atoms with van der Waals surface area (Å²) in [6.07, 6.45) is 0. The summed E-state index contributed by atoms with van der Waals surface area (Å²) in [5.74, 6) is -1.36. The monoisotopic (exact) mass is 181 g/mol. The quantitative estimate of drug-likeness (QED) is 0.490.